The average Bonchev–Trinajstić information content (AvgIpc) is 3.11. The molecule has 1 atom stereocenters. The zero-order chi connectivity index (χ0) is 15.5. The quantitative estimate of drug-likeness (QED) is 0.899. The molecule has 1 unspecified atom stereocenters. The molecule has 1 saturated heterocycles. The highest BCUT2D eigenvalue weighted by Crippen LogP contribution is 2.47. The van der Waals surface area contributed by atoms with Gasteiger partial charge in [-0.15, -0.1) is 0 Å². The fourth-order valence-corrected chi connectivity index (χ4v) is 3.77. The number of ether oxygens (including phenoxy) is 1. The van der Waals surface area contributed by atoms with Crippen LogP contribution in [-0.4, -0.2) is 33.3 Å². The van der Waals surface area contributed by atoms with Crippen LogP contribution in [0.2, 0.25) is 0 Å². The van der Waals surface area contributed by atoms with Crippen LogP contribution in [0, 0.1) is 0 Å². The SMILES string of the molecule is CC1(C)C(=O)NC2(OC3CCCC3)c3ncccc3C(=O)N12. The van der Waals surface area contributed by atoms with Crippen LogP contribution in [-0.2, 0) is 15.4 Å². The van der Waals surface area contributed by atoms with Gasteiger partial charge in [-0.05, 0) is 38.8 Å². The van der Waals surface area contributed by atoms with Gasteiger partial charge in [0.05, 0.1) is 11.7 Å². The van der Waals surface area contributed by atoms with Gasteiger partial charge >= 0.3 is 0 Å². The van der Waals surface area contributed by atoms with Gasteiger partial charge in [0.2, 0.25) is 5.91 Å². The first kappa shape index (κ1) is 13.7. The van der Waals surface area contributed by atoms with Crippen LogP contribution in [0.3, 0.4) is 0 Å². The number of fused-ring (bicyclic) bond motifs is 3. The van der Waals surface area contributed by atoms with Crippen LogP contribution in [0.1, 0.15) is 55.6 Å². The summed E-state index contributed by atoms with van der Waals surface area (Å²) in [6.45, 7) is 3.48. The van der Waals surface area contributed by atoms with Crippen molar-refractivity contribution in [3.63, 3.8) is 0 Å². The van der Waals surface area contributed by atoms with Crippen molar-refractivity contribution < 1.29 is 14.3 Å². The van der Waals surface area contributed by atoms with Gasteiger partial charge in [-0.2, -0.15) is 0 Å². The predicted molar refractivity (Wildman–Crippen MR) is 77.6 cm³/mol. The van der Waals surface area contributed by atoms with Crippen LogP contribution >= 0.6 is 0 Å². The molecular formula is C16H19N3O3. The van der Waals surface area contributed by atoms with Crippen molar-refractivity contribution in [2.45, 2.75) is 57.0 Å². The van der Waals surface area contributed by atoms with Crippen LogP contribution in [0.4, 0.5) is 0 Å². The smallest absolute Gasteiger partial charge is 0.271 e. The molecule has 1 aromatic rings. The number of aromatic nitrogens is 1. The van der Waals surface area contributed by atoms with Crippen LogP contribution in [0.25, 0.3) is 0 Å². The minimum absolute atomic E-state index is 0.0393. The first-order chi connectivity index (χ1) is 10.5. The number of amides is 2. The van der Waals surface area contributed by atoms with Crippen molar-refractivity contribution >= 4 is 11.8 Å². The zero-order valence-corrected chi connectivity index (χ0v) is 12.8. The molecule has 0 spiro atoms. The summed E-state index contributed by atoms with van der Waals surface area (Å²) in [6, 6.07) is 3.47. The maximum absolute atomic E-state index is 12.8. The van der Waals surface area contributed by atoms with Gasteiger partial charge in [0, 0.05) is 6.20 Å². The normalized spacial score (nSPS) is 29.6. The minimum Gasteiger partial charge on any atom is -0.330 e. The Morgan fingerprint density at radius 3 is 2.77 bits per heavy atom. The molecule has 0 bridgehead atoms. The van der Waals surface area contributed by atoms with Crippen molar-refractivity contribution in [2.24, 2.45) is 0 Å². The number of hydrogen-bond acceptors (Lipinski definition) is 4. The molecule has 1 N–H and O–H groups in total. The summed E-state index contributed by atoms with van der Waals surface area (Å²) in [5, 5.41) is 2.91. The Labute approximate surface area is 128 Å². The highest BCUT2D eigenvalue weighted by molar-refractivity contribution is 6.06. The van der Waals surface area contributed by atoms with E-state index in [2.05, 4.69) is 10.3 Å². The van der Waals surface area contributed by atoms with E-state index in [1.807, 2.05) is 0 Å². The van der Waals surface area contributed by atoms with E-state index in [4.69, 9.17) is 4.74 Å². The van der Waals surface area contributed by atoms with Gasteiger partial charge in [0.25, 0.3) is 11.8 Å². The lowest BCUT2D eigenvalue weighted by molar-refractivity contribution is -0.181. The van der Waals surface area contributed by atoms with Gasteiger partial charge in [0.1, 0.15) is 11.2 Å². The Hall–Kier alpha value is -1.95. The van der Waals surface area contributed by atoms with Gasteiger partial charge < -0.3 is 10.1 Å². The number of nitrogens with one attached hydrogen (secondary N) is 1. The van der Waals surface area contributed by atoms with Gasteiger partial charge in [-0.1, -0.05) is 12.8 Å². The molecule has 6 heteroatoms. The van der Waals surface area contributed by atoms with E-state index >= 15 is 0 Å². The highest BCUT2D eigenvalue weighted by atomic mass is 16.6. The minimum atomic E-state index is -1.25. The topological polar surface area (TPSA) is 71.5 Å². The Bertz CT molecular complexity index is 666. The first-order valence-electron chi connectivity index (χ1n) is 7.77. The lowest BCUT2D eigenvalue weighted by atomic mass is 10.0. The van der Waals surface area contributed by atoms with Crippen molar-refractivity contribution in [3.8, 4) is 0 Å². The monoisotopic (exact) mass is 301 g/mol. The third kappa shape index (κ3) is 1.56. The standard InChI is InChI=1S/C16H19N3O3/c1-15(2)14(21)18-16(22-10-6-3-4-7-10)12-11(8-5-9-17-12)13(20)19(15)16/h5,8-10H,3-4,6-7H2,1-2H3,(H,18,21). The Morgan fingerprint density at radius 1 is 1.32 bits per heavy atom. The fraction of sp³-hybridized carbons (Fsp3) is 0.562. The molecule has 0 aromatic carbocycles. The lowest BCUT2D eigenvalue weighted by Gasteiger charge is -2.37. The predicted octanol–water partition coefficient (Wildman–Crippen LogP) is 1.52. The molecule has 116 valence electrons. The molecule has 6 nitrogen and oxygen atoms in total. The summed E-state index contributed by atoms with van der Waals surface area (Å²) in [6.07, 6.45) is 5.79. The summed E-state index contributed by atoms with van der Waals surface area (Å²) in [5.41, 5.74) is 0.0514. The van der Waals surface area contributed by atoms with E-state index < -0.39 is 11.4 Å². The molecule has 1 saturated carbocycles. The van der Waals surface area contributed by atoms with Crippen LogP contribution in [0.15, 0.2) is 18.3 Å². The van der Waals surface area contributed by atoms with E-state index in [1.54, 1.807) is 32.2 Å². The van der Waals surface area contributed by atoms with E-state index in [9.17, 15) is 9.59 Å². The van der Waals surface area contributed by atoms with Gasteiger partial charge in [-0.25, -0.2) is 0 Å². The molecule has 22 heavy (non-hydrogen) atoms. The number of carbonyl (C=O) groups excluding carboxylic acids is 2. The molecule has 0 radical (unpaired) electrons. The largest absolute Gasteiger partial charge is 0.330 e. The van der Waals surface area contributed by atoms with Crippen molar-refractivity contribution in [1.82, 2.24) is 15.2 Å². The summed E-state index contributed by atoms with van der Waals surface area (Å²) in [5.74, 6) is -1.66. The number of nitrogens with zero attached hydrogens (tertiary/aromatic N) is 2. The van der Waals surface area contributed by atoms with E-state index in [1.165, 1.54) is 4.90 Å². The van der Waals surface area contributed by atoms with Crippen molar-refractivity contribution in [2.75, 3.05) is 0 Å². The number of rotatable bonds is 2. The summed E-state index contributed by atoms with van der Waals surface area (Å²) < 4.78 is 6.30. The third-order valence-electron chi connectivity index (χ3n) is 4.91. The molecule has 1 aromatic heterocycles. The third-order valence-corrected chi connectivity index (χ3v) is 4.91. The van der Waals surface area contributed by atoms with Gasteiger partial charge in [0.15, 0.2) is 0 Å². The molecule has 3 aliphatic rings. The molecule has 4 rings (SSSR count). The van der Waals surface area contributed by atoms with E-state index in [-0.39, 0.29) is 17.9 Å². The Kier molecular flexibility index (Phi) is 2.67. The molecule has 2 fully saturated rings. The second-order valence-corrected chi connectivity index (χ2v) is 6.72. The zero-order valence-electron chi connectivity index (χ0n) is 12.8. The lowest BCUT2D eigenvalue weighted by Crippen LogP contribution is -2.54. The molecule has 2 aliphatic heterocycles. The summed E-state index contributed by atoms with van der Waals surface area (Å²) in [7, 11) is 0. The average molecular weight is 301 g/mol. The maximum Gasteiger partial charge on any atom is 0.271 e. The van der Waals surface area contributed by atoms with Crippen molar-refractivity contribution in [1.29, 1.82) is 0 Å². The molecule has 3 heterocycles. The summed E-state index contributed by atoms with van der Waals surface area (Å²) in [4.78, 5) is 31.2. The number of pyridine rings is 1. The first-order valence-corrected chi connectivity index (χ1v) is 7.77. The number of carbonyl (C=O) groups is 2. The fourth-order valence-electron chi connectivity index (χ4n) is 3.77. The second kappa shape index (κ2) is 4.29. The maximum atomic E-state index is 12.8. The van der Waals surface area contributed by atoms with Crippen molar-refractivity contribution in [3.05, 3.63) is 29.6 Å². The van der Waals surface area contributed by atoms with Crippen LogP contribution < -0.4 is 5.32 Å². The highest BCUT2D eigenvalue weighted by Gasteiger charge is 2.66. The van der Waals surface area contributed by atoms with E-state index in [0.29, 0.717) is 11.3 Å². The molecular weight excluding hydrogens is 282 g/mol. The number of hydrogen-bond donors (Lipinski definition) is 1. The Balaban J connectivity index is 1.87. The van der Waals surface area contributed by atoms with E-state index in [0.717, 1.165) is 25.7 Å². The Morgan fingerprint density at radius 2 is 2.05 bits per heavy atom. The summed E-state index contributed by atoms with van der Waals surface area (Å²) >= 11 is 0. The van der Waals surface area contributed by atoms with Gasteiger partial charge in [-0.3, -0.25) is 19.5 Å². The van der Waals surface area contributed by atoms with Crippen LogP contribution in [0.5, 0.6) is 0 Å². The molecule has 2 amide bonds. The molecule has 1 aliphatic carbocycles. The second-order valence-electron chi connectivity index (χ2n) is 6.72.